The van der Waals surface area contributed by atoms with E-state index in [1.165, 1.54) is 11.8 Å². The lowest BCUT2D eigenvalue weighted by Crippen LogP contribution is -2.43. The molecule has 6 nitrogen and oxygen atoms in total. The van der Waals surface area contributed by atoms with Gasteiger partial charge in [-0.3, -0.25) is 24.1 Å². The van der Waals surface area contributed by atoms with Crippen LogP contribution in [0.3, 0.4) is 0 Å². The first-order chi connectivity index (χ1) is 10.3. The second-order valence-electron chi connectivity index (χ2n) is 6.15. The zero-order valence-electron chi connectivity index (χ0n) is 13.7. The molecule has 0 aromatic rings. The van der Waals surface area contributed by atoms with E-state index in [0.29, 0.717) is 38.6 Å². The van der Waals surface area contributed by atoms with Gasteiger partial charge in [-0.15, -0.1) is 0 Å². The Morgan fingerprint density at radius 1 is 1.09 bits per heavy atom. The quantitative estimate of drug-likeness (QED) is 0.516. The van der Waals surface area contributed by atoms with E-state index in [1.807, 2.05) is 13.8 Å². The van der Waals surface area contributed by atoms with Gasteiger partial charge in [0.1, 0.15) is 0 Å². The molecular weight excluding hydrogens is 284 g/mol. The minimum Gasteiger partial charge on any atom is -0.346 e. The summed E-state index contributed by atoms with van der Waals surface area (Å²) in [6, 6.07) is -0.424. The highest BCUT2D eigenvalue weighted by Crippen LogP contribution is 2.13. The van der Waals surface area contributed by atoms with Gasteiger partial charge in [0.15, 0.2) is 5.78 Å². The first-order valence-electron chi connectivity index (χ1n) is 7.96. The number of hydrogen-bond donors (Lipinski definition) is 1. The number of carbonyl (C=O) groups is 4. The molecule has 1 aliphatic heterocycles. The van der Waals surface area contributed by atoms with E-state index in [0.717, 1.165) is 6.42 Å². The maximum absolute atomic E-state index is 11.8. The van der Waals surface area contributed by atoms with Crippen LogP contribution in [0.4, 0.5) is 0 Å². The van der Waals surface area contributed by atoms with Crippen LogP contribution in [-0.2, 0) is 19.2 Å². The van der Waals surface area contributed by atoms with Crippen LogP contribution in [0.25, 0.3) is 0 Å². The summed E-state index contributed by atoms with van der Waals surface area (Å²) in [6.07, 6.45) is 3.18. The monoisotopic (exact) mass is 310 g/mol. The average molecular weight is 310 g/mol. The van der Waals surface area contributed by atoms with E-state index in [1.54, 1.807) is 0 Å². The molecule has 22 heavy (non-hydrogen) atoms. The summed E-state index contributed by atoms with van der Waals surface area (Å²) < 4.78 is 0. The molecule has 6 heteroatoms. The van der Waals surface area contributed by atoms with Crippen LogP contribution in [0.2, 0.25) is 0 Å². The van der Waals surface area contributed by atoms with Gasteiger partial charge in [0.25, 0.3) is 0 Å². The van der Waals surface area contributed by atoms with Gasteiger partial charge in [-0.25, -0.2) is 0 Å². The van der Waals surface area contributed by atoms with Crippen molar-refractivity contribution in [3.63, 3.8) is 0 Å². The van der Waals surface area contributed by atoms with Crippen molar-refractivity contribution in [3.8, 4) is 0 Å². The van der Waals surface area contributed by atoms with E-state index in [4.69, 9.17) is 0 Å². The van der Waals surface area contributed by atoms with Gasteiger partial charge in [0.05, 0.1) is 6.04 Å². The maximum atomic E-state index is 11.8. The lowest BCUT2D eigenvalue weighted by molar-refractivity contribution is -0.138. The van der Waals surface area contributed by atoms with Crippen molar-refractivity contribution in [2.45, 2.75) is 65.3 Å². The molecule has 1 rings (SSSR count). The normalized spacial score (nSPS) is 16.3. The molecule has 1 unspecified atom stereocenters. The maximum Gasteiger partial charge on any atom is 0.229 e. The molecule has 0 bridgehead atoms. The number of nitrogens with one attached hydrogen (secondary N) is 1. The Balaban J connectivity index is 2.18. The fourth-order valence-electron chi connectivity index (χ4n) is 2.59. The van der Waals surface area contributed by atoms with Gasteiger partial charge in [0.2, 0.25) is 17.7 Å². The summed E-state index contributed by atoms with van der Waals surface area (Å²) in [6.45, 7) is 5.73. The highest BCUT2D eigenvalue weighted by molar-refractivity contribution is 6.01. The van der Waals surface area contributed by atoms with E-state index in [9.17, 15) is 19.2 Å². The standard InChI is InChI=1S/C16H26N2O4/c1-11(2)16(12(3)19)17-13(20)7-5-4-6-10-18-14(21)8-9-15(18)22/h11,16H,4-10H2,1-3H3,(H,17,20). The van der Waals surface area contributed by atoms with Crippen molar-refractivity contribution in [2.75, 3.05) is 6.54 Å². The van der Waals surface area contributed by atoms with Crippen molar-refractivity contribution >= 4 is 23.5 Å². The summed E-state index contributed by atoms with van der Waals surface area (Å²) in [5, 5.41) is 2.75. The SMILES string of the molecule is CC(=O)C(NC(=O)CCCCCN1C(=O)CCC1=O)C(C)C. The zero-order chi connectivity index (χ0) is 16.7. The summed E-state index contributed by atoms with van der Waals surface area (Å²) in [5.74, 6) is -0.266. The molecule has 0 spiro atoms. The second kappa shape index (κ2) is 8.66. The number of nitrogens with zero attached hydrogens (tertiary/aromatic N) is 1. The van der Waals surface area contributed by atoms with E-state index >= 15 is 0 Å². The van der Waals surface area contributed by atoms with Gasteiger partial charge in [-0.1, -0.05) is 20.3 Å². The van der Waals surface area contributed by atoms with Crippen LogP contribution < -0.4 is 5.32 Å². The van der Waals surface area contributed by atoms with Crippen LogP contribution in [0.15, 0.2) is 0 Å². The summed E-state index contributed by atoms with van der Waals surface area (Å²) in [7, 11) is 0. The molecule has 1 N–H and O–H groups in total. The van der Waals surface area contributed by atoms with E-state index < -0.39 is 6.04 Å². The highest BCUT2D eigenvalue weighted by Gasteiger charge is 2.27. The minimum absolute atomic E-state index is 0.0330. The first kappa shape index (κ1) is 18.3. The summed E-state index contributed by atoms with van der Waals surface area (Å²) in [4.78, 5) is 47.4. The van der Waals surface area contributed by atoms with Crippen LogP contribution in [0.5, 0.6) is 0 Å². The van der Waals surface area contributed by atoms with Crippen LogP contribution in [0.1, 0.15) is 59.3 Å². The molecule has 0 aliphatic carbocycles. The summed E-state index contributed by atoms with van der Waals surface area (Å²) in [5.41, 5.74) is 0. The molecule has 0 saturated carbocycles. The van der Waals surface area contributed by atoms with Gasteiger partial charge in [-0.05, 0) is 25.7 Å². The minimum atomic E-state index is -0.424. The Kier molecular flexibility index (Phi) is 7.21. The van der Waals surface area contributed by atoms with Crippen molar-refractivity contribution in [2.24, 2.45) is 5.92 Å². The smallest absolute Gasteiger partial charge is 0.229 e. The van der Waals surface area contributed by atoms with Crippen molar-refractivity contribution in [1.29, 1.82) is 0 Å². The highest BCUT2D eigenvalue weighted by atomic mass is 16.2. The van der Waals surface area contributed by atoms with Crippen molar-refractivity contribution < 1.29 is 19.2 Å². The lowest BCUT2D eigenvalue weighted by Gasteiger charge is -2.19. The Bertz CT molecular complexity index is 429. The summed E-state index contributed by atoms with van der Waals surface area (Å²) >= 11 is 0. The Hall–Kier alpha value is -1.72. The van der Waals surface area contributed by atoms with Gasteiger partial charge >= 0.3 is 0 Å². The predicted molar refractivity (Wildman–Crippen MR) is 81.9 cm³/mol. The molecule has 1 heterocycles. The first-order valence-corrected chi connectivity index (χ1v) is 7.96. The fraction of sp³-hybridized carbons (Fsp3) is 0.750. The van der Waals surface area contributed by atoms with E-state index in [-0.39, 0.29) is 29.4 Å². The van der Waals surface area contributed by atoms with E-state index in [2.05, 4.69) is 5.32 Å². The third kappa shape index (κ3) is 5.58. The molecule has 0 radical (unpaired) electrons. The molecule has 0 aromatic carbocycles. The molecule has 0 aromatic heterocycles. The van der Waals surface area contributed by atoms with Crippen LogP contribution in [0, 0.1) is 5.92 Å². The van der Waals surface area contributed by atoms with Crippen LogP contribution >= 0.6 is 0 Å². The number of amides is 3. The van der Waals surface area contributed by atoms with Gasteiger partial charge in [-0.2, -0.15) is 0 Å². The molecular formula is C16H26N2O4. The van der Waals surface area contributed by atoms with Gasteiger partial charge < -0.3 is 5.32 Å². The molecule has 3 amide bonds. The molecule has 1 fully saturated rings. The average Bonchev–Trinajstić information content (AvgIpc) is 2.75. The number of hydrogen-bond acceptors (Lipinski definition) is 4. The fourth-order valence-corrected chi connectivity index (χ4v) is 2.59. The number of likely N-dealkylation sites (tertiary alicyclic amines) is 1. The molecule has 1 aliphatic rings. The number of Topliss-reactive ketones (excluding diaryl/α,β-unsaturated/α-hetero) is 1. The van der Waals surface area contributed by atoms with Crippen molar-refractivity contribution in [3.05, 3.63) is 0 Å². The lowest BCUT2D eigenvalue weighted by atomic mass is 10.0. The van der Waals surface area contributed by atoms with Gasteiger partial charge in [0, 0.05) is 25.8 Å². The van der Waals surface area contributed by atoms with Crippen molar-refractivity contribution in [1.82, 2.24) is 10.2 Å². The number of carbonyl (C=O) groups excluding carboxylic acids is 4. The number of ketones is 1. The Labute approximate surface area is 131 Å². The van der Waals surface area contributed by atoms with Crippen LogP contribution in [-0.4, -0.2) is 41.0 Å². The Morgan fingerprint density at radius 3 is 2.18 bits per heavy atom. The number of imide groups is 1. The molecule has 124 valence electrons. The second-order valence-corrected chi connectivity index (χ2v) is 6.15. The molecule has 1 atom stereocenters. The number of unbranched alkanes of at least 4 members (excludes halogenated alkanes) is 2. The topological polar surface area (TPSA) is 83.6 Å². The Morgan fingerprint density at radius 2 is 1.68 bits per heavy atom. The number of rotatable bonds is 9. The predicted octanol–water partition coefficient (Wildman–Crippen LogP) is 1.43. The largest absolute Gasteiger partial charge is 0.346 e. The molecule has 1 saturated heterocycles. The third-order valence-electron chi connectivity index (χ3n) is 3.86. The zero-order valence-corrected chi connectivity index (χ0v) is 13.7. The third-order valence-corrected chi connectivity index (χ3v) is 3.86.